The second-order valence-electron chi connectivity index (χ2n) is 4.50. The Morgan fingerprint density at radius 3 is 2.81 bits per heavy atom. The van der Waals surface area contributed by atoms with E-state index in [9.17, 15) is 9.59 Å². The Morgan fingerprint density at radius 1 is 1.19 bits per heavy atom. The van der Waals surface area contributed by atoms with E-state index in [2.05, 4.69) is 10.1 Å². The normalized spacial score (nSPS) is 10.7. The number of fused-ring (bicyclic) bond motifs is 1. The molecule has 0 bridgehead atoms. The van der Waals surface area contributed by atoms with Gasteiger partial charge >= 0.3 is 5.97 Å². The molecule has 0 saturated carbocycles. The predicted octanol–water partition coefficient (Wildman–Crippen LogP) is 1.54. The van der Waals surface area contributed by atoms with E-state index in [0.717, 1.165) is 0 Å². The molecule has 0 spiro atoms. The minimum atomic E-state index is -1.09. The monoisotopic (exact) mass is 281 g/mol. The molecule has 0 fully saturated rings. The number of aromatic nitrogens is 3. The predicted molar refractivity (Wildman–Crippen MR) is 76.3 cm³/mol. The fraction of sp³-hybridized carbons (Fsp3) is 0.0667. The van der Waals surface area contributed by atoms with Crippen molar-refractivity contribution in [2.75, 3.05) is 0 Å². The van der Waals surface area contributed by atoms with Crippen LogP contribution in [0.5, 0.6) is 0 Å². The maximum Gasteiger partial charge on any atom is 0.354 e. The van der Waals surface area contributed by atoms with Gasteiger partial charge in [0.2, 0.25) is 5.43 Å². The molecular formula is C15H11N3O3. The van der Waals surface area contributed by atoms with Gasteiger partial charge in [0.1, 0.15) is 0 Å². The van der Waals surface area contributed by atoms with Gasteiger partial charge in [0, 0.05) is 17.1 Å². The van der Waals surface area contributed by atoms with Gasteiger partial charge < -0.3 is 5.11 Å². The summed E-state index contributed by atoms with van der Waals surface area (Å²) in [6.07, 6.45) is 2.67. The Labute approximate surface area is 119 Å². The van der Waals surface area contributed by atoms with Crippen LogP contribution in [0.3, 0.4) is 0 Å². The van der Waals surface area contributed by atoms with Crippen LogP contribution < -0.4 is 5.43 Å². The largest absolute Gasteiger partial charge is 0.477 e. The van der Waals surface area contributed by atoms with Crippen molar-refractivity contribution >= 4 is 16.9 Å². The fourth-order valence-corrected chi connectivity index (χ4v) is 2.21. The summed E-state index contributed by atoms with van der Waals surface area (Å²) in [6, 6.07) is 10.4. The lowest BCUT2D eigenvalue weighted by Crippen LogP contribution is -2.15. The molecule has 1 aromatic carbocycles. The Bertz CT molecular complexity index is 886. The van der Waals surface area contributed by atoms with Crippen molar-refractivity contribution in [3.8, 4) is 0 Å². The number of nitrogens with zero attached hydrogens (tertiary/aromatic N) is 3. The van der Waals surface area contributed by atoms with Gasteiger partial charge in [-0.25, -0.2) is 9.78 Å². The van der Waals surface area contributed by atoms with E-state index in [1.165, 1.54) is 12.4 Å². The maximum absolute atomic E-state index is 11.8. The zero-order valence-corrected chi connectivity index (χ0v) is 10.9. The molecule has 6 heteroatoms. The van der Waals surface area contributed by atoms with Crippen molar-refractivity contribution in [2.45, 2.75) is 6.54 Å². The first-order valence-electron chi connectivity index (χ1n) is 6.29. The van der Waals surface area contributed by atoms with E-state index >= 15 is 0 Å². The smallest absolute Gasteiger partial charge is 0.354 e. The minimum Gasteiger partial charge on any atom is -0.477 e. The average molecular weight is 281 g/mol. The maximum atomic E-state index is 11.8. The van der Waals surface area contributed by atoms with E-state index in [0.29, 0.717) is 16.5 Å². The third kappa shape index (κ3) is 2.38. The first-order chi connectivity index (χ1) is 10.2. The molecule has 0 atom stereocenters. The molecule has 0 aliphatic carbocycles. The summed E-state index contributed by atoms with van der Waals surface area (Å²) in [5.74, 6) is -1.09. The second kappa shape index (κ2) is 5.16. The molecule has 0 unspecified atom stereocenters. The standard InChI is InChI=1S/C15H11N3O3/c19-13-8-17-18(12-6-2-1-5-11(12)13)9-10-4-3-7-16-14(10)15(20)21/h1-8H,9H2,(H,20,21). The summed E-state index contributed by atoms with van der Waals surface area (Å²) >= 11 is 0. The van der Waals surface area contributed by atoms with Crippen LogP contribution in [0, 0.1) is 0 Å². The van der Waals surface area contributed by atoms with E-state index in [1.807, 2.05) is 0 Å². The van der Waals surface area contributed by atoms with Gasteiger partial charge in [0.05, 0.1) is 18.3 Å². The van der Waals surface area contributed by atoms with E-state index < -0.39 is 5.97 Å². The van der Waals surface area contributed by atoms with Crippen LogP contribution in [0.4, 0.5) is 0 Å². The highest BCUT2D eigenvalue weighted by molar-refractivity contribution is 5.87. The lowest BCUT2D eigenvalue weighted by atomic mass is 10.1. The van der Waals surface area contributed by atoms with Crippen molar-refractivity contribution in [1.29, 1.82) is 0 Å². The summed E-state index contributed by atoms with van der Waals surface area (Å²) < 4.78 is 1.60. The number of aromatic carboxylic acids is 1. The van der Waals surface area contributed by atoms with Crippen LogP contribution in [0.15, 0.2) is 53.6 Å². The van der Waals surface area contributed by atoms with Crippen LogP contribution in [0.1, 0.15) is 16.1 Å². The Balaban J connectivity index is 2.14. The first-order valence-corrected chi connectivity index (χ1v) is 6.29. The number of carboxylic acids is 1. The molecule has 0 aliphatic rings. The number of hydrogen-bond acceptors (Lipinski definition) is 4. The highest BCUT2D eigenvalue weighted by Crippen LogP contribution is 2.12. The van der Waals surface area contributed by atoms with Crippen LogP contribution >= 0.6 is 0 Å². The van der Waals surface area contributed by atoms with Crippen LogP contribution in [0.25, 0.3) is 10.9 Å². The number of rotatable bonds is 3. The SMILES string of the molecule is O=C(O)c1ncccc1Cn1ncc(=O)c2ccccc21. The molecule has 104 valence electrons. The highest BCUT2D eigenvalue weighted by Gasteiger charge is 2.12. The number of benzene rings is 1. The van der Waals surface area contributed by atoms with Crippen molar-refractivity contribution in [3.63, 3.8) is 0 Å². The van der Waals surface area contributed by atoms with Gasteiger partial charge in [-0.3, -0.25) is 9.48 Å². The molecule has 3 aromatic rings. The molecule has 3 rings (SSSR count). The lowest BCUT2D eigenvalue weighted by molar-refractivity contribution is 0.0689. The van der Waals surface area contributed by atoms with Crippen LogP contribution in [-0.4, -0.2) is 25.8 Å². The van der Waals surface area contributed by atoms with Crippen LogP contribution in [0.2, 0.25) is 0 Å². The van der Waals surface area contributed by atoms with Crippen molar-refractivity contribution in [2.24, 2.45) is 0 Å². The Kier molecular flexibility index (Phi) is 3.19. The Hall–Kier alpha value is -3.02. The molecule has 6 nitrogen and oxygen atoms in total. The van der Waals surface area contributed by atoms with Gasteiger partial charge in [-0.15, -0.1) is 0 Å². The zero-order chi connectivity index (χ0) is 14.8. The number of para-hydroxylation sites is 1. The number of pyridine rings is 1. The molecule has 2 aromatic heterocycles. The Morgan fingerprint density at radius 2 is 2.00 bits per heavy atom. The molecule has 0 saturated heterocycles. The fourth-order valence-electron chi connectivity index (χ4n) is 2.21. The molecule has 21 heavy (non-hydrogen) atoms. The van der Waals surface area contributed by atoms with Crippen LogP contribution in [-0.2, 0) is 6.54 Å². The average Bonchev–Trinajstić information content (AvgIpc) is 2.51. The van der Waals surface area contributed by atoms with Crippen molar-refractivity contribution in [1.82, 2.24) is 14.8 Å². The molecule has 1 N–H and O–H groups in total. The van der Waals surface area contributed by atoms with Gasteiger partial charge in [-0.1, -0.05) is 18.2 Å². The number of carbonyl (C=O) groups is 1. The molecule has 0 amide bonds. The number of hydrogen-bond donors (Lipinski definition) is 1. The first kappa shape index (κ1) is 13.0. The summed E-state index contributed by atoms with van der Waals surface area (Å²) in [5.41, 5.74) is 1.02. The molecule has 0 aliphatic heterocycles. The zero-order valence-electron chi connectivity index (χ0n) is 10.9. The van der Waals surface area contributed by atoms with Gasteiger partial charge in [-0.05, 0) is 18.2 Å². The van der Waals surface area contributed by atoms with Crippen molar-refractivity contribution < 1.29 is 9.90 Å². The quantitative estimate of drug-likeness (QED) is 0.787. The number of carboxylic acid groups (broad SMARTS) is 1. The summed E-state index contributed by atoms with van der Waals surface area (Å²) in [7, 11) is 0. The third-order valence-corrected chi connectivity index (χ3v) is 3.18. The lowest BCUT2D eigenvalue weighted by Gasteiger charge is -2.10. The molecule has 2 heterocycles. The topological polar surface area (TPSA) is 85.1 Å². The summed E-state index contributed by atoms with van der Waals surface area (Å²) in [4.78, 5) is 26.8. The van der Waals surface area contributed by atoms with E-state index in [-0.39, 0.29) is 17.7 Å². The van der Waals surface area contributed by atoms with Gasteiger partial charge in [0.25, 0.3) is 0 Å². The summed E-state index contributed by atoms with van der Waals surface area (Å²) in [6.45, 7) is 0.232. The molecular weight excluding hydrogens is 270 g/mol. The van der Waals surface area contributed by atoms with Gasteiger partial charge in [-0.2, -0.15) is 5.10 Å². The van der Waals surface area contributed by atoms with Gasteiger partial charge in [0.15, 0.2) is 5.69 Å². The summed E-state index contributed by atoms with van der Waals surface area (Å²) in [5, 5.41) is 13.8. The highest BCUT2D eigenvalue weighted by atomic mass is 16.4. The molecule has 0 radical (unpaired) electrons. The van der Waals surface area contributed by atoms with Crippen molar-refractivity contribution in [3.05, 3.63) is 70.3 Å². The third-order valence-electron chi connectivity index (χ3n) is 3.18. The van der Waals surface area contributed by atoms with E-state index in [4.69, 9.17) is 5.11 Å². The minimum absolute atomic E-state index is 0.0120. The second-order valence-corrected chi connectivity index (χ2v) is 4.50. The van der Waals surface area contributed by atoms with E-state index in [1.54, 1.807) is 41.1 Å².